The summed E-state index contributed by atoms with van der Waals surface area (Å²) in [5, 5.41) is 0. The number of aryl methyl sites for hydroxylation is 1. The first-order valence-corrected chi connectivity index (χ1v) is 8.11. The lowest BCUT2D eigenvalue weighted by Gasteiger charge is -2.15. The topological polar surface area (TPSA) is 26.0 Å². The predicted molar refractivity (Wildman–Crippen MR) is 85.7 cm³/mol. The fourth-order valence-electron chi connectivity index (χ4n) is 2.87. The van der Waals surface area contributed by atoms with Crippen LogP contribution in [0.2, 0.25) is 0 Å². The molecule has 0 aromatic heterocycles. The Morgan fingerprint density at radius 1 is 1.05 bits per heavy atom. The van der Waals surface area contributed by atoms with Gasteiger partial charge in [0.15, 0.2) is 0 Å². The Kier molecular flexibility index (Phi) is 8.52. The SMILES string of the molecule is CCCC(CCC)CCc1cccc(CC(F)CN)c1. The summed E-state index contributed by atoms with van der Waals surface area (Å²) in [4.78, 5) is 0. The first-order valence-electron chi connectivity index (χ1n) is 8.11. The molecule has 1 unspecified atom stereocenters. The maximum absolute atomic E-state index is 13.3. The molecule has 1 aromatic carbocycles. The van der Waals surface area contributed by atoms with Gasteiger partial charge in [0, 0.05) is 13.0 Å². The van der Waals surface area contributed by atoms with Crippen LogP contribution in [0.4, 0.5) is 4.39 Å². The zero-order valence-electron chi connectivity index (χ0n) is 13.1. The van der Waals surface area contributed by atoms with Crippen LogP contribution < -0.4 is 5.73 Å². The molecule has 0 aliphatic rings. The number of alkyl halides is 1. The minimum Gasteiger partial charge on any atom is -0.328 e. The first-order chi connectivity index (χ1) is 9.69. The van der Waals surface area contributed by atoms with E-state index in [-0.39, 0.29) is 6.54 Å². The van der Waals surface area contributed by atoms with E-state index in [4.69, 9.17) is 5.73 Å². The van der Waals surface area contributed by atoms with Crippen molar-refractivity contribution in [2.24, 2.45) is 11.7 Å². The predicted octanol–water partition coefficient (Wildman–Crippen LogP) is 4.67. The molecular weight excluding hydrogens is 249 g/mol. The van der Waals surface area contributed by atoms with E-state index in [1.165, 1.54) is 37.7 Å². The zero-order valence-corrected chi connectivity index (χ0v) is 13.1. The zero-order chi connectivity index (χ0) is 14.8. The van der Waals surface area contributed by atoms with Crippen LogP contribution >= 0.6 is 0 Å². The van der Waals surface area contributed by atoms with Crippen molar-refractivity contribution in [1.29, 1.82) is 0 Å². The average Bonchev–Trinajstić information content (AvgIpc) is 2.45. The van der Waals surface area contributed by atoms with Crippen molar-refractivity contribution in [2.45, 2.75) is 65.0 Å². The molecule has 20 heavy (non-hydrogen) atoms. The van der Waals surface area contributed by atoms with Crippen molar-refractivity contribution >= 4 is 0 Å². The maximum atomic E-state index is 13.3. The molecule has 0 bridgehead atoms. The molecule has 2 heteroatoms. The van der Waals surface area contributed by atoms with Crippen LogP contribution in [0, 0.1) is 5.92 Å². The molecule has 0 fully saturated rings. The lowest BCUT2D eigenvalue weighted by molar-refractivity contribution is 0.340. The normalized spacial score (nSPS) is 12.8. The number of nitrogens with two attached hydrogens (primary N) is 1. The number of hydrogen-bond acceptors (Lipinski definition) is 1. The minimum atomic E-state index is -0.918. The molecule has 0 heterocycles. The Labute approximate surface area is 123 Å². The number of rotatable bonds is 10. The molecular formula is C18H30FN. The summed E-state index contributed by atoms with van der Waals surface area (Å²) in [5.41, 5.74) is 7.76. The molecule has 0 aliphatic heterocycles. The lowest BCUT2D eigenvalue weighted by Crippen LogP contribution is -2.17. The van der Waals surface area contributed by atoms with Crippen molar-refractivity contribution < 1.29 is 4.39 Å². The molecule has 114 valence electrons. The van der Waals surface area contributed by atoms with Gasteiger partial charge in [-0.1, -0.05) is 63.8 Å². The summed E-state index contributed by atoms with van der Waals surface area (Å²) in [5.74, 6) is 0.839. The van der Waals surface area contributed by atoms with Crippen LogP contribution in [0.3, 0.4) is 0 Å². The van der Waals surface area contributed by atoms with E-state index in [0.717, 1.165) is 17.9 Å². The molecule has 2 N–H and O–H groups in total. The molecule has 0 amide bonds. The van der Waals surface area contributed by atoms with Crippen molar-refractivity contribution in [3.8, 4) is 0 Å². The summed E-state index contributed by atoms with van der Waals surface area (Å²) in [6.45, 7) is 4.63. The molecule has 0 saturated carbocycles. The molecule has 1 atom stereocenters. The number of benzene rings is 1. The van der Waals surface area contributed by atoms with E-state index in [9.17, 15) is 4.39 Å². The minimum absolute atomic E-state index is 0.110. The van der Waals surface area contributed by atoms with Crippen molar-refractivity contribution in [2.75, 3.05) is 6.54 Å². The summed E-state index contributed by atoms with van der Waals surface area (Å²) in [6, 6.07) is 8.36. The van der Waals surface area contributed by atoms with Gasteiger partial charge in [0.05, 0.1) is 0 Å². The molecule has 0 spiro atoms. The summed E-state index contributed by atoms with van der Waals surface area (Å²) < 4.78 is 13.3. The van der Waals surface area contributed by atoms with Crippen molar-refractivity contribution in [3.63, 3.8) is 0 Å². The van der Waals surface area contributed by atoms with Crippen LogP contribution in [-0.2, 0) is 12.8 Å². The third kappa shape index (κ3) is 6.51. The van der Waals surface area contributed by atoms with Gasteiger partial charge in [-0.2, -0.15) is 0 Å². The van der Waals surface area contributed by atoms with Gasteiger partial charge < -0.3 is 5.73 Å². The van der Waals surface area contributed by atoms with Crippen LogP contribution in [-0.4, -0.2) is 12.7 Å². The molecule has 0 radical (unpaired) electrons. The van der Waals surface area contributed by atoms with Crippen LogP contribution in [0.15, 0.2) is 24.3 Å². The summed E-state index contributed by atoms with van der Waals surface area (Å²) in [6.07, 6.45) is 7.07. The van der Waals surface area contributed by atoms with Gasteiger partial charge in [-0.3, -0.25) is 0 Å². The monoisotopic (exact) mass is 279 g/mol. The van der Waals surface area contributed by atoms with E-state index < -0.39 is 6.17 Å². The van der Waals surface area contributed by atoms with Crippen LogP contribution in [0.5, 0.6) is 0 Å². The van der Waals surface area contributed by atoms with E-state index >= 15 is 0 Å². The Bertz CT molecular complexity index is 358. The smallest absolute Gasteiger partial charge is 0.116 e. The van der Waals surface area contributed by atoms with Gasteiger partial charge in [0.25, 0.3) is 0 Å². The molecule has 1 rings (SSSR count). The standard InChI is InChI=1S/C18H30FN/c1-3-6-15(7-4-2)10-11-16-8-5-9-17(12-16)13-18(19)14-20/h5,8-9,12,15,18H,3-4,6-7,10-11,13-14,20H2,1-2H3. The van der Waals surface area contributed by atoms with E-state index in [0.29, 0.717) is 6.42 Å². The van der Waals surface area contributed by atoms with E-state index in [1.807, 2.05) is 12.1 Å². The highest BCUT2D eigenvalue weighted by Gasteiger charge is 2.09. The molecule has 0 aliphatic carbocycles. The highest BCUT2D eigenvalue weighted by Crippen LogP contribution is 2.20. The van der Waals surface area contributed by atoms with Gasteiger partial charge in [0.1, 0.15) is 6.17 Å². The molecule has 1 aromatic rings. The second kappa shape index (κ2) is 9.93. The van der Waals surface area contributed by atoms with Gasteiger partial charge in [-0.05, 0) is 29.9 Å². The van der Waals surface area contributed by atoms with Crippen molar-refractivity contribution in [3.05, 3.63) is 35.4 Å². The Hall–Kier alpha value is -0.890. The Balaban J connectivity index is 2.52. The van der Waals surface area contributed by atoms with Crippen LogP contribution in [0.25, 0.3) is 0 Å². The first kappa shape index (κ1) is 17.2. The average molecular weight is 279 g/mol. The highest BCUT2D eigenvalue weighted by molar-refractivity contribution is 5.24. The third-order valence-electron chi connectivity index (χ3n) is 3.94. The molecule has 0 saturated heterocycles. The lowest BCUT2D eigenvalue weighted by atomic mass is 9.91. The second-order valence-electron chi connectivity index (χ2n) is 5.84. The van der Waals surface area contributed by atoms with Gasteiger partial charge in [0.2, 0.25) is 0 Å². The largest absolute Gasteiger partial charge is 0.328 e. The van der Waals surface area contributed by atoms with Crippen molar-refractivity contribution in [1.82, 2.24) is 0 Å². The fraction of sp³-hybridized carbons (Fsp3) is 0.667. The number of hydrogen-bond donors (Lipinski definition) is 1. The molecule has 1 nitrogen and oxygen atoms in total. The highest BCUT2D eigenvalue weighted by atomic mass is 19.1. The Morgan fingerprint density at radius 3 is 2.30 bits per heavy atom. The summed E-state index contributed by atoms with van der Waals surface area (Å²) >= 11 is 0. The summed E-state index contributed by atoms with van der Waals surface area (Å²) in [7, 11) is 0. The third-order valence-corrected chi connectivity index (χ3v) is 3.94. The Morgan fingerprint density at radius 2 is 1.70 bits per heavy atom. The van der Waals surface area contributed by atoms with E-state index in [2.05, 4.69) is 26.0 Å². The van der Waals surface area contributed by atoms with Gasteiger partial charge in [-0.15, -0.1) is 0 Å². The van der Waals surface area contributed by atoms with E-state index in [1.54, 1.807) is 0 Å². The van der Waals surface area contributed by atoms with Gasteiger partial charge in [-0.25, -0.2) is 4.39 Å². The second-order valence-corrected chi connectivity index (χ2v) is 5.84. The fourth-order valence-corrected chi connectivity index (χ4v) is 2.87. The number of halogens is 1. The van der Waals surface area contributed by atoms with Crippen LogP contribution in [0.1, 0.15) is 57.1 Å². The quantitative estimate of drug-likeness (QED) is 0.661. The maximum Gasteiger partial charge on any atom is 0.116 e. The van der Waals surface area contributed by atoms with Gasteiger partial charge >= 0.3 is 0 Å².